The van der Waals surface area contributed by atoms with E-state index >= 15 is 0 Å². The van der Waals surface area contributed by atoms with E-state index in [1.807, 2.05) is 84.9 Å². The monoisotopic (exact) mass is 615 g/mol. The van der Waals surface area contributed by atoms with Gasteiger partial charge < -0.3 is 15.1 Å². The molecule has 0 bridgehead atoms. The topological polar surface area (TPSA) is 63.1 Å². The third-order valence-electron chi connectivity index (χ3n) is 4.37. The molecule has 0 aliphatic carbocycles. The third-order valence-corrected chi connectivity index (χ3v) is 4.37. The Bertz CT molecular complexity index is 948. The molecule has 33 heavy (non-hydrogen) atoms. The second kappa shape index (κ2) is 15.4. The number of aliphatic hydroxyl groups excluding tert-OH is 1. The number of aliphatic hydroxyl groups is 1. The number of rotatable bonds is 3. The second-order valence-corrected chi connectivity index (χ2v) is 6.75. The maximum absolute atomic E-state index is 10.4. The van der Waals surface area contributed by atoms with Crippen LogP contribution in [0.5, 0.6) is 0 Å². The average Bonchev–Trinajstić information content (AvgIpc) is 2.86. The fourth-order valence-electron chi connectivity index (χ4n) is 2.40. The zero-order valence-corrected chi connectivity index (χ0v) is 21.2. The SMILES string of the molecule is CC(=O)/C(C)=C(/C)O.[Ir].[c-]1ccccc1-c1ccccn1.[c-]1ccccc1-c1ccccn1. The molecule has 0 saturated carbocycles. The first-order valence-corrected chi connectivity index (χ1v) is 10.1. The van der Waals surface area contributed by atoms with Crippen LogP contribution in [0.3, 0.4) is 0 Å². The quantitative estimate of drug-likeness (QED) is 0.162. The standard InChI is InChI=1S/2C11H8N.C6H10O2.Ir/c2*1-2-6-10(7-3-1)11-8-4-5-9-12-11;1-4(5(2)7)6(3)8;/h2*1-6,8-9H;7H,1-3H3;/q2*-1;;/b;;5-4-;. The van der Waals surface area contributed by atoms with Gasteiger partial charge in [0.1, 0.15) is 0 Å². The number of hydrogen-bond donors (Lipinski definition) is 1. The molecule has 1 radical (unpaired) electrons. The molecule has 0 unspecified atom stereocenters. The van der Waals surface area contributed by atoms with Crippen molar-refractivity contribution in [2.75, 3.05) is 0 Å². The van der Waals surface area contributed by atoms with Gasteiger partial charge >= 0.3 is 0 Å². The molecule has 2 heterocycles. The summed E-state index contributed by atoms with van der Waals surface area (Å²) in [5.74, 6) is 0.0301. The van der Waals surface area contributed by atoms with Crippen LogP contribution < -0.4 is 0 Å². The molecule has 5 heteroatoms. The first-order chi connectivity index (χ1) is 15.5. The Morgan fingerprint density at radius 1 is 0.697 bits per heavy atom. The van der Waals surface area contributed by atoms with Crippen LogP contribution in [0.2, 0.25) is 0 Å². The van der Waals surface area contributed by atoms with Gasteiger partial charge in [-0.05, 0) is 44.3 Å². The number of carbonyl (C=O) groups excluding carboxylic acids is 1. The molecular weight excluding hydrogens is 589 g/mol. The van der Waals surface area contributed by atoms with Crippen LogP contribution in [0.15, 0.2) is 109 Å². The Morgan fingerprint density at radius 2 is 1.12 bits per heavy atom. The Morgan fingerprint density at radius 3 is 1.36 bits per heavy atom. The normalized spacial score (nSPS) is 10.2. The van der Waals surface area contributed by atoms with Crippen LogP contribution in [-0.2, 0) is 24.9 Å². The second-order valence-electron chi connectivity index (χ2n) is 6.75. The van der Waals surface area contributed by atoms with E-state index in [2.05, 4.69) is 22.1 Å². The zero-order valence-electron chi connectivity index (χ0n) is 18.8. The molecule has 171 valence electrons. The summed E-state index contributed by atoms with van der Waals surface area (Å²) in [6.07, 6.45) is 3.58. The van der Waals surface area contributed by atoms with E-state index in [-0.39, 0.29) is 31.6 Å². The minimum absolute atomic E-state index is 0. The fourth-order valence-corrected chi connectivity index (χ4v) is 2.40. The zero-order chi connectivity index (χ0) is 23.2. The van der Waals surface area contributed by atoms with Crippen molar-refractivity contribution in [3.05, 3.63) is 121 Å². The number of benzene rings is 2. The summed E-state index contributed by atoms with van der Waals surface area (Å²) in [6, 6.07) is 33.6. The Labute approximate surface area is 209 Å². The molecule has 0 amide bonds. The largest absolute Gasteiger partial charge is 0.512 e. The van der Waals surface area contributed by atoms with Gasteiger partial charge in [0.25, 0.3) is 0 Å². The van der Waals surface area contributed by atoms with Crippen molar-refractivity contribution in [3.63, 3.8) is 0 Å². The van der Waals surface area contributed by atoms with E-state index in [0.29, 0.717) is 5.57 Å². The predicted octanol–water partition coefficient (Wildman–Crippen LogP) is 6.52. The molecule has 0 saturated heterocycles. The first-order valence-electron chi connectivity index (χ1n) is 10.1. The molecule has 0 atom stereocenters. The van der Waals surface area contributed by atoms with Crippen LogP contribution >= 0.6 is 0 Å². The summed E-state index contributed by atoms with van der Waals surface area (Å²) >= 11 is 0. The van der Waals surface area contributed by atoms with Gasteiger partial charge in [-0.3, -0.25) is 4.79 Å². The van der Waals surface area contributed by atoms with Crippen molar-refractivity contribution in [1.82, 2.24) is 9.97 Å². The molecule has 0 fully saturated rings. The number of nitrogens with zero attached hydrogens (tertiary/aromatic N) is 2. The summed E-state index contributed by atoms with van der Waals surface area (Å²) in [5, 5.41) is 8.65. The average molecular weight is 615 g/mol. The van der Waals surface area contributed by atoms with E-state index in [9.17, 15) is 4.79 Å². The van der Waals surface area contributed by atoms with Crippen LogP contribution in [0.25, 0.3) is 22.5 Å². The molecule has 4 aromatic rings. The molecule has 4 nitrogen and oxygen atoms in total. The van der Waals surface area contributed by atoms with Gasteiger partial charge in [-0.2, -0.15) is 0 Å². The van der Waals surface area contributed by atoms with Crippen LogP contribution in [0, 0.1) is 12.1 Å². The summed E-state index contributed by atoms with van der Waals surface area (Å²) < 4.78 is 0. The number of hydrogen-bond acceptors (Lipinski definition) is 4. The van der Waals surface area contributed by atoms with Crippen molar-refractivity contribution < 1.29 is 30.0 Å². The van der Waals surface area contributed by atoms with Crippen LogP contribution in [0.1, 0.15) is 20.8 Å². The number of carbonyl (C=O) groups is 1. The smallest absolute Gasteiger partial charge is 0.158 e. The molecule has 2 aromatic heterocycles. The summed E-state index contributed by atoms with van der Waals surface area (Å²) in [7, 11) is 0. The van der Waals surface area contributed by atoms with E-state index in [1.54, 1.807) is 19.3 Å². The maximum Gasteiger partial charge on any atom is 0.158 e. The van der Waals surface area contributed by atoms with Gasteiger partial charge in [0.2, 0.25) is 0 Å². The minimum atomic E-state index is -0.0787. The maximum atomic E-state index is 10.4. The molecule has 2 aromatic carbocycles. The molecule has 0 spiro atoms. The summed E-state index contributed by atoms with van der Waals surface area (Å²) in [5.41, 5.74) is 4.46. The molecule has 4 rings (SSSR count). The molecule has 1 N–H and O–H groups in total. The third kappa shape index (κ3) is 10.2. The summed E-state index contributed by atoms with van der Waals surface area (Å²) in [4.78, 5) is 18.8. The Balaban J connectivity index is 0.000000250. The van der Waals surface area contributed by atoms with Gasteiger partial charge in [-0.1, -0.05) is 24.3 Å². The van der Waals surface area contributed by atoms with E-state index in [1.165, 1.54) is 13.8 Å². The predicted molar refractivity (Wildman–Crippen MR) is 129 cm³/mol. The van der Waals surface area contributed by atoms with E-state index in [0.717, 1.165) is 22.5 Å². The van der Waals surface area contributed by atoms with Crippen molar-refractivity contribution in [2.45, 2.75) is 20.8 Å². The molecular formula is C28H26IrN2O2-2. The fraction of sp³-hybridized carbons (Fsp3) is 0.107. The van der Waals surface area contributed by atoms with Crippen molar-refractivity contribution in [1.29, 1.82) is 0 Å². The van der Waals surface area contributed by atoms with E-state index < -0.39 is 0 Å². The number of aromatic nitrogens is 2. The number of allylic oxidation sites excluding steroid dienone is 2. The van der Waals surface area contributed by atoms with E-state index in [4.69, 9.17) is 5.11 Å². The first kappa shape index (κ1) is 27.6. The van der Waals surface area contributed by atoms with Crippen LogP contribution in [0.4, 0.5) is 0 Å². The minimum Gasteiger partial charge on any atom is -0.512 e. The molecule has 0 aliphatic rings. The van der Waals surface area contributed by atoms with Crippen molar-refractivity contribution in [3.8, 4) is 22.5 Å². The Hall–Kier alpha value is -3.40. The molecule has 0 aliphatic heterocycles. The van der Waals surface area contributed by atoms with Gasteiger partial charge in [-0.15, -0.1) is 71.8 Å². The van der Waals surface area contributed by atoms with Crippen molar-refractivity contribution in [2.24, 2.45) is 0 Å². The van der Waals surface area contributed by atoms with Crippen molar-refractivity contribution >= 4 is 5.78 Å². The van der Waals surface area contributed by atoms with Crippen LogP contribution in [-0.4, -0.2) is 20.9 Å². The Kier molecular flexibility index (Phi) is 12.9. The van der Waals surface area contributed by atoms with Gasteiger partial charge in [0.05, 0.1) is 5.76 Å². The number of Topliss-reactive ketones (excluding diaryl/α,β-unsaturated/α-hetero) is 1. The summed E-state index contributed by atoms with van der Waals surface area (Å²) in [6.45, 7) is 4.52. The van der Waals surface area contributed by atoms with Gasteiger partial charge in [0, 0.05) is 38.1 Å². The number of pyridine rings is 2. The van der Waals surface area contributed by atoms with Gasteiger partial charge in [-0.25, -0.2) is 0 Å². The van der Waals surface area contributed by atoms with Gasteiger partial charge in [0.15, 0.2) is 5.78 Å². The number of ketones is 1.